The van der Waals surface area contributed by atoms with Crippen LogP contribution in [0.15, 0.2) is 42.7 Å². The summed E-state index contributed by atoms with van der Waals surface area (Å²) >= 11 is 0. The fourth-order valence-electron chi connectivity index (χ4n) is 3.09. The second-order valence-electron chi connectivity index (χ2n) is 6.30. The van der Waals surface area contributed by atoms with Crippen molar-refractivity contribution in [3.8, 4) is 11.1 Å². The summed E-state index contributed by atoms with van der Waals surface area (Å²) in [5.74, 6) is -0.777. The van der Waals surface area contributed by atoms with Crippen molar-refractivity contribution in [2.45, 2.75) is 25.5 Å². The zero-order valence-electron chi connectivity index (χ0n) is 14.3. The fraction of sp³-hybridized carbons (Fsp3) is 0.316. The summed E-state index contributed by atoms with van der Waals surface area (Å²) in [4.78, 5) is 30.2. The molecule has 130 valence electrons. The number of pyridine rings is 1. The maximum absolute atomic E-state index is 12.9. The predicted molar refractivity (Wildman–Crippen MR) is 93.8 cm³/mol. The van der Waals surface area contributed by atoms with Crippen molar-refractivity contribution in [2.75, 3.05) is 13.7 Å². The van der Waals surface area contributed by atoms with Crippen molar-refractivity contribution >= 4 is 11.8 Å². The van der Waals surface area contributed by atoms with Gasteiger partial charge in [-0.15, -0.1) is 0 Å². The summed E-state index contributed by atoms with van der Waals surface area (Å²) in [6.45, 7) is 2.36. The van der Waals surface area contributed by atoms with Crippen LogP contribution in [0.2, 0.25) is 0 Å². The van der Waals surface area contributed by atoms with Crippen molar-refractivity contribution in [3.63, 3.8) is 0 Å². The molecule has 6 nitrogen and oxygen atoms in total. The number of carbonyl (C=O) groups is 2. The van der Waals surface area contributed by atoms with Crippen molar-refractivity contribution < 1.29 is 14.3 Å². The molecule has 3 rings (SSSR count). The summed E-state index contributed by atoms with van der Waals surface area (Å²) < 4.78 is 5.29. The Morgan fingerprint density at radius 2 is 1.92 bits per heavy atom. The highest BCUT2D eigenvalue weighted by Gasteiger charge is 2.39. The molecule has 0 spiro atoms. The van der Waals surface area contributed by atoms with Gasteiger partial charge in [0, 0.05) is 38.0 Å². The largest absolute Gasteiger partial charge is 0.380 e. The minimum absolute atomic E-state index is 0.185. The first-order valence-corrected chi connectivity index (χ1v) is 8.14. The molecule has 25 heavy (non-hydrogen) atoms. The van der Waals surface area contributed by atoms with Gasteiger partial charge in [-0.05, 0) is 18.6 Å². The van der Waals surface area contributed by atoms with Crippen LogP contribution in [0.1, 0.15) is 22.3 Å². The number of nitrogens with two attached hydrogens (primary N) is 1. The molecule has 2 N–H and O–H groups in total. The molecule has 0 aliphatic carbocycles. The number of hydrogen-bond acceptors (Lipinski definition) is 4. The molecule has 1 aliphatic heterocycles. The number of carbonyl (C=O) groups excluding carboxylic acids is 2. The first-order chi connectivity index (χ1) is 12.0. The molecule has 0 bridgehead atoms. The van der Waals surface area contributed by atoms with Crippen LogP contribution in [-0.2, 0) is 9.53 Å². The Hall–Kier alpha value is -2.73. The molecule has 0 saturated carbocycles. The Labute approximate surface area is 146 Å². The molecule has 6 heteroatoms. The van der Waals surface area contributed by atoms with Gasteiger partial charge in [0.1, 0.15) is 6.04 Å². The number of ether oxygens (including phenoxy) is 1. The van der Waals surface area contributed by atoms with Crippen molar-refractivity contribution in [1.29, 1.82) is 0 Å². The minimum Gasteiger partial charge on any atom is -0.380 e. The first-order valence-electron chi connectivity index (χ1n) is 8.14. The van der Waals surface area contributed by atoms with Gasteiger partial charge in [0.05, 0.1) is 11.7 Å². The third kappa shape index (κ3) is 3.53. The minimum atomic E-state index is -0.652. The van der Waals surface area contributed by atoms with Crippen molar-refractivity contribution in [3.05, 3.63) is 53.9 Å². The molecule has 1 aromatic carbocycles. The average molecular weight is 339 g/mol. The number of likely N-dealkylation sites (tertiary alicyclic amines) is 1. The van der Waals surface area contributed by atoms with Crippen LogP contribution in [0.4, 0.5) is 0 Å². The standard InChI is InChI=1S/C19H21N3O3/c1-12-3-5-13(6-4-12)14-7-15(10-21-9-14)19(24)22-11-16(25-2)8-17(22)18(20)23/h3-7,9-10,16-17H,8,11H2,1-2H3,(H2,20,23)/t16-,17-/m0/s1. The van der Waals surface area contributed by atoms with E-state index < -0.39 is 11.9 Å². The topological polar surface area (TPSA) is 85.5 Å². The molecule has 1 aliphatic rings. The quantitative estimate of drug-likeness (QED) is 0.920. The highest BCUT2D eigenvalue weighted by molar-refractivity contribution is 5.98. The molecular weight excluding hydrogens is 318 g/mol. The lowest BCUT2D eigenvalue weighted by Crippen LogP contribution is -2.43. The van der Waals surface area contributed by atoms with Crippen molar-refractivity contribution in [2.24, 2.45) is 5.73 Å². The van der Waals surface area contributed by atoms with Gasteiger partial charge in [0.15, 0.2) is 0 Å². The lowest BCUT2D eigenvalue weighted by atomic mass is 10.0. The number of hydrogen-bond donors (Lipinski definition) is 1. The number of amides is 2. The van der Waals surface area contributed by atoms with Crippen LogP contribution in [-0.4, -0.2) is 47.5 Å². The van der Waals surface area contributed by atoms with E-state index in [9.17, 15) is 9.59 Å². The van der Waals surface area contributed by atoms with E-state index in [-0.39, 0.29) is 12.0 Å². The summed E-state index contributed by atoms with van der Waals surface area (Å²) in [6.07, 6.45) is 3.46. The number of methoxy groups -OCH3 is 1. The Bertz CT molecular complexity index is 789. The molecular formula is C19H21N3O3. The zero-order valence-corrected chi connectivity index (χ0v) is 14.3. The van der Waals surface area contributed by atoms with Crippen molar-refractivity contribution in [1.82, 2.24) is 9.88 Å². The van der Waals surface area contributed by atoms with Gasteiger partial charge in [-0.2, -0.15) is 0 Å². The van der Waals surface area contributed by atoms with E-state index in [2.05, 4.69) is 4.98 Å². The Kier molecular flexibility index (Phi) is 4.81. The summed E-state index contributed by atoms with van der Waals surface area (Å²) in [7, 11) is 1.57. The summed E-state index contributed by atoms with van der Waals surface area (Å²) in [5.41, 5.74) is 8.88. The van der Waals surface area contributed by atoms with Crippen LogP contribution >= 0.6 is 0 Å². The number of nitrogens with zero attached hydrogens (tertiary/aromatic N) is 2. The van der Waals surface area contributed by atoms with E-state index in [0.29, 0.717) is 18.5 Å². The zero-order chi connectivity index (χ0) is 18.0. The molecule has 2 aromatic rings. The maximum atomic E-state index is 12.9. The van der Waals surface area contributed by atoms with Crippen LogP contribution in [0.5, 0.6) is 0 Å². The fourth-order valence-corrected chi connectivity index (χ4v) is 3.09. The van der Waals surface area contributed by atoms with E-state index in [1.165, 1.54) is 11.1 Å². The van der Waals surface area contributed by atoms with E-state index in [4.69, 9.17) is 10.5 Å². The molecule has 1 fully saturated rings. The second kappa shape index (κ2) is 7.03. The molecule has 2 atom stereocenters. The van der Waals surface area contributed by atoms with Crippen LogP contribution in [0.25, 0.3) is 11.1 Å². The maximum Gasteiger partial charge on any atom is 0.256 e. The Morgan fingerprint density at radius 1 is 1.20 bits per heavy atom. The smallest absolute Gasteiger partial charge is 0.256 e. The van der Waals surface area contributed by atoms with Crippen LogP contribution in [0.3, 0.4) is 0 Å². The number of primary amides is 1. The highest BCUT2D eigenvalue weighted by Crippen LogP contribution is 2.24. The molecule has 2 amide bonds. The number of aromatic nitrogens is 1. The SMILES string of the molecule is CO[C@H]1C[C@@H](C(N)=O)N(C(=O)c2cncc(-c3ccc(C)cc3)c2)C1. The predicted octanol–water partition coefficient (Wildman–Crippen LogP) is 1.77. The number of rotatable bonds is 4. The van der Waals surface area contributed by atoms with Gasteiger partial charge in [0.25, 0.3) is 5.91 Å². The lowest BCUT2D eigenvalue weighted by molar-refractivity contribution is -0.121. The highest BCUT2D eigenvalue weighted by atomic mass is 16.5. The van der Waals surface area contributed by atoms with Gasteiger partial charge in [-0.3, -0.25) is 14.6 Å². The van der Waals surface area contributed by atoms with E-state index in [0.717, 1.165) is 16.7 Å². The molecule has 0 radical (unpaired) electrons. The van der Waals surface area contributed by atoms with Gasteiger partial charge in [-0.25, -0.2) is 0 Å². The number of benzene rings is 1. The van der Waals surface area contributed by atoms with Crippen LogP contribution in [0, 0.1) is 6.92 Å². The third-order valence-electron chi connectivity index (χ3n) is 4.56. The van der Waals surface area contributed by atoms with E-state index >= 15 is 0 Å². The molecule has 0 unspecified atom stereocenters. The van der Waals surface area contributed by atoms with Gasteiger partial charge in [0.2, 0.25) is 5.91 Å². The lowest BCUT2D eigenvalue weighted by Gasteiger charge is -2.22. The molecule has 1 saturated heterocycles. The average Bonchev–Trinajstić information content (AvgIpc) is 3.06. The number of aryl methyl sites for hydroxylation is 1. The summed E-state index contributed by atoms with van der Waals surface area (Å²) in [6, 6.07) is 9.14. The third-order valence-corrected chi connectivity index (χ3v) is 4.56. The second-order valence-corrected chi connectivity index (χ2v) is 6.30. The van der Waals surface area contributed by atoms with Gasteiger partial charge in [-0.1, -0.05) is 29.8 Å². The van der Waals surface area contributed by atoms with Gasteiger partial charge < -0.3 is 15.4 Å². The first kappa shape index (κ1) is 17.1. The summed E-state index contributed by atoms with van der Waals surface area (Å²) in [5, 5.41) is 0. The van der Waals surface area contributed by atoms with E-state index in [1.807, 2.05) is 31.2 Å². The van der Waals surface area contributed by atoms with Gasteiger partial charge >= 0.3 is 0 Å². The monoisotopic (exact) mass is 339 g/mol. The van der Waals surface area contributed by atoms with E-state index in [1.54, 1.807) is 19.4 Å². The molecule has 2 heterocycles. The van der Waals surface area contributed by atoms with Crippen LogP contribution < -0.4 is 5.73 Å². The normalized spacial score (nSPS) is 19.8. The Balaban J connectivity index is 1.88. The molecule has 1 aromatic heterocycles. The Morgan fingerprint density at radius 3 is 2.56 bits per heavy atom.